The van der Waals surface area contributed by atoms with Gasteiger partial charge in [-0.25, -0.2) is 9.37 Å². The van der Waals surface area contributed by atoms with Crippen molar-refractivity contribution in [3.8, 4) is 5.75 Å². The molecule has 2 amide bonds. The molecule has 1 aliphatic carbocycles. The van der Waals surface area contributed by atoms with Crippen LogP contribution in [0.5, 0.6) is 5.75 Å². The molecule has 132 valence electrons. The zero-order valence-electron chi connectivity index (χ0n) is 13.5. The van der Waals surface area contributed by atoms with Gasteiger partial charge in [0.05, 0.1) is 18.7 Å². The lowest BCUT2D eigenvalue weighted by Gasteiger charge is -2.07. The van der Waals surface area contributed by atoms with Gasteiger partial charge in [-0.3, -0.25) is 9.59 Å². The number of hydrogen-bond acceptors (Lipinski definition) is 5. The molecule has 1 aromatic carbocycles. The molecular formula is C17H18FN3O3S. The number of halogens is 1. The van der Waals surface area contributed by atoms with Crippen molar-refractivity contribution >= 4 is 28.3 Å². The third kappa shape index (κ3) is 5.53. The van der Waals surface area contributed by atoms with E-state index in [-0.39, 0.29) is 36.6 Å². The first-order valence-electron chi connectivity index (χ1n) is 8.00. The first-order valence-corrected chi connectivity index (χ1v) is 8.88. The molecule has 1 aromatic heterocycles. The third-order valence-corrected chi connectivity index (χ3v) is 4.38. The summed E-state index contributed by atoms with van der Waals surface area (Å²) in [6.45, 7) is 0.628. The van der Waals surface area contributed by atoms with Crippen LogP contribution in [0.1, 0.15) is 18.5 Å². The van der Waals surface area contributed by atoms with E-state index in [1.165, 1.54) is 35.6 Å². The molecule has 1 saturated carbocycles. The number of nitrogens with one attached hydrogen (secondary N) is 2. The summed E-state index contributed by atoms with van der Waals surface area (Å²) in [6.07, 6.45) is 2.02. The number of benzene rings is 1. The molecule has 2 aromatic rings. The normalized spacial score (nSPS) is 13.3. The molecule has 25 heavy (non-hydrogen) atoms. The van der Waals surface area contributed by atoms with E-state index in [1.54, 1.807) is 5.38 Å². The average Bonchev–Trinajstić information content (AvgIpc) is 3.36. The van der Waals surface area contributed by atoms with Crippen LogP contribution in [-0.4, -0.2) is 29.9 Å². The number of thiazole rings is 1. The third-order valence-electron chi connectivity index (χ3n) is 3.58. The molecule has 0 aliphatic heterocycles. The number of amides is 2. The minimum Gasteiger partial charge on any atom is -0.492 e. The summed E-state index contributed by atoms with van der Waals surface area (Å²) in [4.78, 5) is 27.8. The number of rotatable bonds is 8. The van der Waals surface area contributed by atoms with E-state index in [2.05, 4.69) is 15.6 Å². The van der Waals surface area contributed by atoms with Gasteiger partial charge in [0.15, 0.2) is 5.13 Å². The van der Waals surface area contributed by atoms with Gasteiger partial charge in [-0.1, -0.05) is 0 Å². The average molecular weight is 363 g/mol. The molecule has 1 aliphatic rings. The first kappa shape index (κ1) is 17.3. The standard InChI is InChI=1S/C17H18FN3O3S/c18-12-3-5-14(6-4-12)24-8-7-19-15(22)9-13-10-25-17(20-13)21-16(23)11-1-2-11/h3-6,10-11H,1-2,7-9H2,(H,19,22)(H,20,21,23). The maximum absolute atomic E-state index is 12.8. The Labute approximate surface area is 148 Å². The number of nitrogens with zero attached hydrogens (tertiary/aromatic N) is 1. The van der Waals surface area contributed by atoms with Gasteiger partial charge >= 0.3 is 0 Å². The molecule has 2 N–H and O–H groups in total. The van der Waals surface area contributed by atoms with Crippen molar-refractivity contribution in [2.24, 2.45) is 5.92 Å². The van der Waals surface area contributed by atoms with Crippen LogP contribution in [0, 0.1) is 11.7 Å². The van der Waals surface area contributed by atoms with Crippen LogP contribution in [0.4, 0.5) is 9.52 Å². The van der Waals surface area contributed by atoms with Crippen LogP contribution in [0.25, 0.3) is 0 Å². The predicted octanol–water partition coefficient (Wildman–Crippen LogP) is 2.37. The Balaban J connectivity index is 1.35. The van der Waals surface area contributed by atoms with Gasteiger partial charge in [-0.05, 0) is 37.1 Å². The Kier molecular flexibility index (Phi) is 5.60. The Morgan fingerprint density at radius 2 is 2.04 bits per heavy atom. The van der Waals surface area contributed by atoms with Crippen LogP contribution in [0.15, 0.2) is 29.6 Å². The Morgan fingerprint density at radius 1 is 1.28 bits per heavy atom. The number of carbonyl (C=O) groups excluding carboxylic acids is 2. The topological polar surface area (TPSA) is 80.3 Å². The Bertz CT molecular complexity index is 744. The summed E-state index contributed by atoms with van der Waals surface area (Å²) in [5, 5.41) is 7.78. The van der Waals surface area contributed by atoms with Crippen LogP contribution < -0.4 is 15.4 Å². The summed E-state index contributed by atoms with van der Waals surface area (Å²) >= 11 is 1.31. The molecule has 1 fully saturated rings. The lowest BCUT2D eigenvalue weighted by molar-refractivity contribution is -0.120. The SMILES string of the molecule is O=C(Cc1csc(NC(=O)C2CC2)n1)NCCOc1ccc(F)cc1. The highest BCUT2D eigenvalue weighted by Crippen LogP contribution is 2.30. The Hall–Kier alpha value is -2.48. The minimum absolute atomic E-state index is 0.00305. The number of carbonyl (C=O) groups is 2. The number of hydrogen-bond donors (Lipinski definition) is 2. The lowest BCUT2D eigenvalue weighted by atomic mass is 10.3. The second-order valence-corrected chi connectivity index (χ2v) is 6.59. The number of ether oxygens (including phenoxy) is 1. The molecule has 3 rings (SSSR count). The first-order chi connectivity index (χ1) is 12.1. The maximum atomic E-state index is 12.8. The summed E-state index contributed by atoms with van der Waals surface area (Å²) in [6, 6.07) is 5.69. The van der Waals surface area contributed by atoms with Crippen molar-refractivity contribution < 1.29 is 18.7 Å². The highest BCUT2D eigenvalue weighted by atomic mass is 32.1. The van der Waals surface area contributed by atoms with Gasteiger partial charge < -0.3 is 15.4 Å². The zero-order valence-corrected chi connectivity index (χ0v) is 14.3. The molecule has 0 saturated heterocycles. The van der Waals surface area contributed by atoms with Crippen molar-refractivity contribution in [3.05, 3.63) is 41.2 Å². The molecule has 0 atom stereocenters. The molecular weight excluding hydrogens is 345 g/mol. The van der Waals surface area contributed by atoms with Gasteiger partial charge in [-0.15, -0.1) is 11.3 Å². The molecule has 6 nitrogen and oxygen atoms in total. The summed E-state index contributed by atoms with van der Waals surface area (Å²) in [7, 11) is 0. The van der Waals surface area contributed by atoms with Crippen molar-refractivity contribution in [1.29, 1.82) is 0 Å². The van der Waals surface area contributed by atoms with Crippen LogP contribution in [-0.2, 0) is 16.0 Å². The molecule has 1 heterocycles. The number of aromatic nitrogens is 1. The largest absolute Gasteiger partial charge is 0.492 e. The monoisotopic (exact) mass is 363 g/mol. The van der Waals surface area contributed by atoms with Gasteiger partial charge in [0.1, 0.15) is 18.2 Å². The van der Waals surface area contributed by atoms with Crippen molar-refractivity contribution in [1.82, 2.24) is 10.3 Å². The molecule has 8 heteroatoms. The number of anilines is 1. The van der Waals surface area contributed by atoms with Gasteiger partial charge in [0.2, 0.25) is 11.8 Å². The van der Waals surface area contributed by atoms with E-state index in [0.29, 0.717) is 23.1 Å². The highest BCUT2D eigenvalue weighted by Gasteiger charge is 2.30. The van der Waals surface area contributed by atoms with E-state index in [0.717, 1.165) is 12.8 Å². The van der Waals surface area contributed by atoms with Gasteiger partial charge in [-0.2, -0.15) is 0 Å². The van der Waals surface area contributed by atoms with Gasteiger partial charge in [0.25, 0.3) is 0 Å². The summed E-state index contributed by atoms with van der Waals surface area (Å²) in [5.74, 6) is 0.177. The summed E-state index contributed by atoms with van der Waals surface area (Å²) < 4.78 is 18.2. The zero-order chi connectivity index (χ0) is 17.6. The molecule has 0 bridgehead atoms. The fraction of sp³-hybridized carbons (Fsp3) is 0.353. The van der Waals surface area contributed by atoms with E-state index in [1.807, 2.05) is 0 Å². The fourth-order valence-corrected chi connectivity index (χ4v) is 2.83. The van der Waals surface area contributed by atoms with Crippen molar-refractivity contribution in [2.75, 3.05) is 18.5 Å². The smallest absolute Gasteiger partial charge is 0.229 e. The maximum Gasteiger partial charge on any atom is 0.229 e. The van der Waals surface area contributed by atoms with E-state index >= 15 is 0 Å². The highest BCUT2D eigenvalue weighted by molar-refractivity contribution is 7.13. The van der Waals surface area contributed by atoms with Gasteiger partial charge in [0, 0.05) is 11.3 Å². The lowest BCUT2D eigenvalue weighted by Crippen LogP contribution is -2.29. The summed E-state index contributed by atoms with van der Waals surface area (Å²) in [5.41, 5.74) is 0.619. The van der Waals surface area contributed by atoms with Crippen LogP contribution in [0.2, 0.25) is 0 Å². The fourth-order valence-electron chi connectivity index (χ4n) is 2.12. The van der Waals surface area contributed by atoms with Crippen LogP contribution >= 0.6 is 11.3 Å². The second-order valence-electron chi connectivity index (χ2n) is 5.74. The molecule has 0 spiro atoms. The van der Waals surface area contributed by atoms with E-state index in [4.69, 9.17) is 4.74 Å². The quantitative estimate of drug-likeness (QED) is 0.706. The van der Waals surface area contributed by atoms with Crippen molar-refractivity contribution in [3.63, 3.8) is 0 Å². The second kappa shape index (κ2) is 8.06. The molecule has 0 unspecified atom stereocenters. The van der Waals surface area contributed by atoms with E-state index in [9.17, 15) is 14.0 Å². The predicted molar refractivity (Wildman–Crippen MR) is 92.1 cm³/mol. The van der Waals surface area contributed by atoms with Crippen LogP contribution in [0.3, 0.4) is 0 Å². The van der Waals surface area contributed by atoms with Crippen molar-refractivity contribution in [2.45, 2.75) is 19.3 Å². The molecule has 0 radical (unpaired) electrons. The van der Waals surface area contributed by atoms with E-state index < -0.39 is 0 Å². The Morgan fingerprint density at radius 3 is 2.76 bits per heavy atom. The minimum atomic E-state index is -0.323.